The van der Waals surface area contributed by atoms with Crippen LogP contribution in [0, 0.1) is 16.0 Å². The molecule has 0 bridgehead atoms. The number of nitrogens with one attached hydrogen (secondary N) is 1. The number of aryl methyl sites for hydroxylation is 1. The molecule has 3 aliphatic heterocycles. The van der Waals surface area contributed by atoms with Crippen molar-refractivity contribution in [1.29, 1.82) is 0 Å². The van der Waals surface area contributed by atoms with Crippen molar-refractivity contribution in [2.45, 2.75) is 43.7 Å². The van der Waals surface area contributed by atoms with Crippen LogP contribution in [0.4, 0.5) is 11.4 Å². The second-order valence-corrected chi connectivity index (χ2v) is 10.5. The molecule has 3 aromatic carbocycles. The number of Topliss-reactive ketones (excluding diaryl/α,β-unsaturated/α-hetero) is 1. The highest BCUT2D eigenvalue weighted by Crippen LogP contribution is 2.61. The van der Waals surface area contributed by atoms with Crippen LogP contribution in [-0.4, -0.2) is 34.1 Å². The normalized spacial score (nSPS) is 26.2. The van der Waals surface area contributed by atoms with E-state index in [0.29, 0.717) is 33.9 Å². The number of hydrogen-bond acceptors (Lipinski definition) is 5. The number of carbonyl (C=O) groups is 2. The van der Waals surface area contributed by atoms with E-state index in [1.807, 2.05) is 30.3 Å². The summed E-state index contributed by atoms with van der Waals surface area (Å²) in [6.45, 7) is 2.70. The van der Waals surface area contributed by atoms with Crippen molar-refractivity contribution in [2.75, 3.05) is 11.9 Å². The zero-order valence-electron chi connectivity index (χ0n) is 20.3. The van der Waals surface area contributed by atoms with Crippen LogP contribution in [0.15, 0.2) is 66.7 Å². The van der Waals surface area contributed by atoms with E-state index in [-0.39, 0.29) is 23.4 Å². The van der Waals surface area contributed by atoms with Gasteiger partial charge in [0.05, 0.1) is 10.8 Å². The summed E-state index contributed by atoms with van der Waals surface area (Å²) in [5, 5.41) is 15.2. The van der Waals surface area contributed by atoms with Gasteiger partial charge in [-0.25, -0.2) is 0 Å². The zero-order valence-corrected chi connectivity index (χ0v) is 21.1. The first-order valence-corrected chi connectivity index (χ1v) is 13.0. The Morgan fingerprint density at radius 2 is 1.95 bits per heavy atom. The van der Waals surface area contributed by atoms with Crippen molar-refractivity contribution in [3.63, 3.8) is 0 Å². The summed E-state index contributed by atoms with van der Waals surface area (Å²) in [7, 11) is 0. The van der Waals surface area contributed by atoms with Crippen LogP contribution >= 0.6 is 11.6 Å². The Morgan fingerprint density at radius 1 is 1.16 bits per heavy atom. The number of nitrogens with zero attached hydrogens (tertiary/aromatic N) is 2. The third-order valence-electron chi connectivity index (χ3n) is 8.36. The fourth-order valence-corrected chi connectivity index (χ4v) is 7.01. The molecule has 3 unspecified atom stereocenters. The molecule has 0 radical (unpaired) electrons. The van der Waals surface area contributed by atoms with Gasteiger partial charge in [0.15, 0.2) is 5.78 Å². The summed E-state index contributed by atoms with van der Waals surface area (Å²) in [4.78, 5) is 42.0. The number of anilines is 1. The first kappa shape index (κ1) is 23.8. The summed E-state index contributed by atoms with van der Waals surface area (Å²) < 4.78 is 0. The maximum atomic E-state index is 14.5. The Hall–Kier alpha value is -3.55. The highest BCUT2D eigenvalue weighted by atomic mass is 35.5. The van der Waals surface area contributed by atoms with Gasteiger partial charge in [-0.2, -0.15) is 0 Å². The monoisotopic (exact) mass is 515 g/mol. The van der Waals surface area contributed by atoms with Crippen molar-refractivity contribution in [1.82, 2.24) is 4.90 Å². The summed E-state index contributed by atoms with van der Waals surface area (Å²) in [6.07, 6.45) is 2.51. The first-order chi connectivity index (χ1) is 17.9. The fraction of sp³-hybridized carbons (Fsp3) is 0.310. The van der Waals surface area contributed by atoms with E-state index in [2.05, 4.69) is 17.1 Å². The van der Waals surface area contributed by atoms with Crippen LogP contribution in [0.25, 0.3) is 0 Å². The maximum Gasteiger partial charge on any atom is 0.269 e. The van der Waals surface area contributed by atoms with Crippen LogP contribution in [-0.2, 0) is 16.8 Å². The third-order valence-corrected chi connectivity index (χ3v) is 8.59. The van der Waals surface area contributed by atoms with Crippen LogP contribution in [0.3, 0.4) is 0 Å². The van der Waals surface area contributed by atoms with Crippen molar-refractivity contribution >= 4 is 34.7 Å². The average molecular weight is 516 g/mol. The molecule has 0 aliphatic carbocycles. The molecular formula is C29H26ClN3O4. The van der Waals surface area contributed by atoms with Crippen molar-refractivity contribution in [3.05, 3.63) is 104 Å². The van der Waals surface area contributed by atoms with E-state index in [0.717, 1.165) is 24.8 Å². The molecule has 1 amide bonds. The molecule has 0 saturated carbocycles. The molecule has 2 fully saturated rings. The molecule has 37 heavy (non-hydrogen) atoms. The van der Waals surface area contributed by atoms with E-state index in [1.165, 1.54) is 6.07 Å². The van der Waals surface area contributed by atoms with E-state index in [9.17, 15) is 19.7 Å². The van der Waals surface area contributed by atoms with Crippen molar-refractivity contribution in [2.24, 2.45) is 5.92 Å². The molecule has 2 saturated heterocycles. The van der Waals surface area contributed by atoms with Crippen LogP contribution in [0.5, 0.6) is 0 Å². The van der Waals surface area contributed by atoms with Gasteiger partial charge in [-0.05, 0) is 55.1 Å². The molecule has 1 spiro atoms. The SMILES string of the molecule is CCc1ccc(C(=O)C2C(c3cccc([N+](=O)[O-])c3)C3CCCN3[C@@]23C(=O)Nc2ccc(Cl)cc23)cc1. The number of halogens is 1. The van der Waals surface area contributed by atoms with Gasteiger partial charge in [0.25, 0.3) is 5.69 Å². The van der Waals surface area contributed by atoms with Crippen LogP contribution < -0.4 is 5.32 Å². The topological polar surface area (TPSA) is 92.5 Å². The maximum absolute atomic E-state index is 14.5. The molecule has 4 atom stereocenters. The van der Waals surface area contributed by atoms with Gasteiger partial charge in [-0.3, -0.25) is 24.6 Å². The average Bonchev–Trinajstić information content (AvgIpc) is 3.57. The number of rotatable bonds is 5. The quantitative estimate of drug-likeness (QED) is 0.266. The largest absolute Gasteiger partial charge is 0.324 e. The molecule has 0 aromatic heterocycles. The number of carbonyl (C=O) groups excluding carboxylic acids is 2. The Bertz CT molecular complexity index is 1440. The molecular weight excluding hydrogens is 490 g/mol. The van der Waals surface area contributed by atoms with Crippen LogP contribution in [0.1, 0.15) is 52.7 Å². The van der Waals surface area contributed by atoms with Crippen molar-refractivity contribution in [3.8, 4) is 0 Å². The molecule has 3 aromatic rings. The number of ketones is 1. The minimum absolute atomic E-state index is 0.0270. The van der Waals surface area contributed by atoms with Gasteiger partial charge in [-0.1, -0.05) is 54.9 Å². The lowest BCUT2D eigenvalue weighted by Crippen LogP contribution is -2.52. The van der Waals surface area contributed by atoms with E-state index >= 15 is 0 Å². The molecule has 8 heteroatoms. The number of nitro benzene ring substituents is 1. The van der Waals surface area contributed by atoms with Crippen LogP contribution in [0.2, 0.25) is 5.02 Å². The summed E-state index contributed by atoms with van der Waals surface area (Å²) in [5.41, 5.74) is 2.42. The first-order valence-electron chi connectivity index (χ1n) is 12.6. The van der Waals surface area contributed by atoms with Gasteiger partial charge in [0, 0.05) is 45.9 Å². The summed E-state index contributed by atoms with van der Waals surface area (Å²) in [5.74, 6) is -1.58. The van der Waals surface area contributed by atoms with Gasteiger partial charge >= 0.3 is 0 Å². The van der Waals surface area contributed by atoms with E-state index < -0.39 is 22.3 Å². The van der Waals surface area contributed by atoms with Gasteiger partial charge < -0.3 is 5.32 Å². The highest BCUT2D eigenvalue weighted by molar-refractivity contribution is 6.31. The minimum atomic E-state index is -1.25. The predicted octanol–water partition coefficient (Wildman–Crippen LogP) is 5.72. The second kappa shape index (κ2) is 8.78. The minimum Gasteiger partial charge on any atom is -0.324 e. The lowest BCUT2D eigenvalue weighted by Gasteiger charge is -2.37. The second-order valence-electron chi connectivity index (χ2n) is 10.1. The number of amides is 1. The Kier molecular flexibility index (Phi) is 5.66. The number of benzene rings is 3. The molecule has 188 valence electrons. The third kappa shape index (κ3) is 3.45. The molecule has 3 heterocycles. The number of hydrogen-bond donors (Lipinski definition) is 1. The molecule has 3 aliphatic rings. The summed E-state index contributed by atoms with van der Waals surface area (Å²) in [6, 6.07) is 19.3. The Morgan fingerprint density at radius 3 is 2.68 bits per heavy atom. The van der Waals surface area contributed by atoms with E-state index in [4.69, 9.17) is 11.6 Å². The fourth-order valence-electron chi connectivity index (χ4n) is 6.84. The molecule has 7 nitrogen and oxygen atoms in total. The highest BCUT2D eigenvalue weighted by Gasteiger charge is 2.69. The van der Waals surface area contributed by atoms with Gasteiger partial charge in [-0.15, -0.1) is 0 Å². The van der Waals surface area contributed by atoms with Crippen molar-refractivity contribution < 1.29 is 14.5 Å². The standard InChI is InChI=1S/C29H26ClN3O4/c1-2-17-8-10-18(11-9-17)27(34)26-25(19-5-3-6-21(15-19)33(36)37)24-7-4-14-32(24)29(26)22-16-20(30)12-13-23(22)31-28(29)35/h3,5-6,8-13,15-16,24-26H,2,4,7,14H2,1H3,(H,31,35)/t24?,25?,26?,29-/m1/s1. The lowest BCUT2D eigenvalue weighted by atomic mass is 9.68. The van der Waals surface area contributed by atoms with Gasteiger partial charge in [0.2, 0.25) is 5.91 Å². The lowest BCUT2D eigenvalue weighted by molar-refractivity contribution is -0.384. The number of nitro groups is 1. The van der Waals surface area contributed by atoms with Gasteiger partial charge in [0.1, 0.15) is 5.54 Å². The Labute approximate surface area is 219 Å². The zero-order chi connectivity index (χ0) is 25.9. The molecule has 6 rings (SSSR count). The number of fused-ring (bicyclic) bond motifs is 4. The Balaban J connectivity index is 1.60. The smallest absolute Gasteiger partial charge is 0.269 e. The van der Waals surface area contributed by atoms with E-state index in [1.54, 1.807) is 30.3 Å². The number of non-ortho nitro benzene ring substituents is 1. The molecule has 1 N–H and O–H groups in total. The summed E-state index contributed by atoms with van der Waals surface area (Å²) >= 11 is 6.44. The predicted molar refractivity (Wildman–Crippen MR) is 141 cm³/mol.